The summed E-state index contributed by atoms with van der Waals surface area (Å²) in [5.41, 5.74) is 1.05. The van der Waals surface area contributed by atoms with E-state index >= 15 is 0 Å². The fraction of sp³-hybridized carbons (Fsp3) is 0.444. The molecule has 0 aromatic heterocycles. The van der Waals surface area contributed by atoms with E-state index in [2.05, 4.69) is 10.6 Å². The molecule has 1 aliphatic rings. The minimum atomic E-state index is -0.437. The molecule has 1 aromatic rings. The van der Waals surface area contributed by atoms with Gasteiger partial charge in [-0.25, -0.2) is 4.79 Å². The number of nitrogens with zero attached hydrogens (tertiary/aromatic N) is 2. The fourth-order valence-corrected chi connectivity index (χ4v) is 2.69. The normalized spacial score (nSPS) is 13.7. The molecule has 9 heteroatoms. The van der Waals surface area contributed by atoms with Gasteiger partial charge in [0, 0.05) is 44.5 Å². The molecule has 0 saturated carbocycles. The molecule has 2 rings (SSSR count). The molecule has 27 heavy (non-hydrogen) atoms. The molecule has 1 aromatic carbocycles. The fourth-order valence-electron chi connectivity index (χ4n) is 2.69. The second kappa shape index (κ2) is 9.56. The van der Waals surface area contributed by atoms with Crippen molar-refractivity contribution in [3.63, 3.8) is 0 Å². The van der Waals surface area contributed by atoms with Crippen LogP contribution in [-0.4, -0.2) is 66.4 Å². The van der Waals surface area contributed by atoms with Gasteiger partial charge in [0.15, 0.2) is 0 Å². The van der Waals surface area contributed by atoms with E-state index in [1.165, 1.54) is 6.92 Å². The van der Waals surface area contributed by atoms with Gasteiger partial charge in [0.25, 0.3) is 0 Å². The van der Waals surface area contributed by atoms with Crippen molar-refractivity contribution in [2.45, 2.75) is 20.3 Å². The van der Waals surface area contributed by atoms with Crippen LogP contribution in [0.4, 0.5) is 16.2 Å². The molecule has 0 spiro atoms. The van der Waals surface area contributed by atoms with E-state index in [0.29, 0.717) is 44.2 Å². The van der Waals surface area contributed by atoms with Crippen molar-refractivity contribution in [3.8, 4) is 0 Å². The molecule has 146 valence electrons. The van der Waals surface area contributed by atoms with Crippen LogP contribution in [0.15, 0.2) is 24.3 Å². The molecule has 0 unspecified atom stereocenters. The van der Waals surface area contributed by atoms with Gasteiger partial charge >= 0.3 is 6.09 Å². The van der Waals surface area contributed by atoms with Crippen LogP contribution in [0, 0.1) is 0 Å². The van der Waals surface area contributed by atoms with Crippen LogP contribution in [0.2, 0.25) is 0 Å². The van der Waals surface area contributed by atoms with E-state index in [-0.39, 0.29) is 24.3 Å². The highest BCUT2D eigenvalue weighted by molar-refractivity contribution is 6.04. The first kappa shape index (κ1) is 20.2. The minimum Gasteiger partial charge on any atom is -0.450 e. The molecule has 0 atom stereocenters. The quantitative estimate of drug-likeness (QED) is 0.753. The number of hydrogen-bond donors (Lipinski definition) is 2. The zero-order valence-corrected chi connectivity index (χ0v) is 15.5. The van der Waals surface area contributed by atoms with E-state index in [1.807, 2.05) is 0 Å². The van der Waals surface area contributed by atoms with E-state index in [0.717, 1.165) is 0 Å². The van der Waals surface area contributed by atoms with Gasteiger partial charge in [0.1, 0.15) is 6.42 Å². The molecule has 1 fully saturated rings. The monoisotopic (exact) mass is 376 g/mol. The predicted octanol–water partition coefficient (Wildman–Crippen LogP) is 1.27. The summed E-state index contributed by atoms with van der Waals surface area (Å²) in [6, 6.07) is 6.68. The number of benzene rings is 1. The maximum absolute atomic E-state index is 12.3. The largest absolute Gasteiger partial charge is 0.450 e. The van der Waals surface area contributed by atoms with E-state index in [4.69, 9.17) is 4.74 Å². The van der Waals surface area contributed by atoms with Crippen LogP contribution >= 0.6 is 0 Å². The number of carbonyl (C=O) groups is 4. The Morgan fingerprint density at radius 1 is 1.00 bits per heavy atom. The molecule has 0 bridgehead atoms. The maximum Gasteiger partial charge on any atom is 0.409 e. The molecule has 1 saturated heterocycles. The van der Waals surface area contributed by atoms with Crippen molar-refractivity contribution in [1.82, 2.24) is 9.80 Å². The lowest BCUT2D eigenvalue weighted by molar-refractivity contribution is -0.136. The predicted molar refractivity (Wildman–Crippen MR) is 99.2 cm³/mol. The SMILES string of the molecule is CCOC(=O)N1CCN(C(=O)CC(=O)Nc2cccc(NC(C)=O)c2)CC1. The molecular formula is C18H24N4O5. The average Bonchev–Trinajstić information content (AvgIpc) is 2.61. The molecule has 2 N–H and O–H groups in total. The van der Waals surface area contributed by atoms with E-state index in [1.54, 1.807) is 41.0 Å². The van der Waals surface area contributed by atoms with Crippen LogP contribution in [0.25, 0.3) is 0 Å². The van der Waals surface area contributed by atoms with Crippen molar-refractivity contribution in [1.29, 1.82) is 0 Å². The van der Waals surface area contributed by atoms with Gasteiger partial charge in [-0.3, -0.25) is 14.4 Å². The van der Waals surface area contributed by atoms with Gasteiger partial charge in [-0.15, -0.1) is 0 Å². The van der Waals surface area contributed by atoms with Crippen molar-refractivity contribution in [2.75, 3.05) is 43.4 Å². The van der Waals surface area contributed by atoms with Gasteiger partial charge < -0.3 is 25.2 Å². The lowest BCUT2D eigenvalue weighted by atomic mass is 10.2. The smallest absolute Gasteiger partial charge is 0.409 e. The van der Waals surface area contributed by atoms with Gasteiger partial charge in [-0.2, -0.15) is 0 Å². The standard InChI is InChI=1S/C18H24N4O5/c1-3-27-18(26)22-9-7-21(8-10-22)17(25)12-16(24)20-15-6-4-5-14(11-15)19-13(2)23/h4-6,11H,3,7-10,12H2,1-2H3,(H,19,23)(H,20,24). The van der Waals surface area contributed by atoms with Crippen molar-refractivity contribution >= 4 is 35.2 Å². The summed E-state index contributed by atoms with van der Waals surface area (Å²) < 4.78 is 4.93. The topological polar surface area (TPSA) is 108 Å². The third-order valence-corrected chi connectivity index (χ3v) is 3.94. The summed E-state index contributed by atoms with van der Waals surface area (Å²) in [5.74, 6) is -0.947. The molecule has 1 aliphatic heterocycles. The summed E-state index contributed by atoms with van der Waals surface area (Å²) >= 11 is 0. The molecule has 0 radical (unpaired) electrons. The molecular weight excluding hydrogens is 352 g/mol. The highest BCUT2D eigenvalue weighted by Crippen LogP contribution is 2.15. The Balaban J connectivity index is 1.82. The lowest BCUT2D eigenvalue weighted by Crippen LogP contribution is -2.51. The van der Waals surface area contributed by atoms with Crippen LogP contribution in [0.5, 0.6) is 0 Å². The number of nitrogens with one attached hydrogen (secondary N) is 2. The maximum atomic E-state index is 12.3. The van der Waals surface area contributed by atoms with Gasteiger partial charge in [0.05, 0.1) is 6.61 Å². The first-order chi connectivity index (χ1) is 12.9. The highest BCUT2D eigenvalue weighted by atomic mass is 16.6. The van der Waals surface area contributed by atoms with Crippen LogP contribution in [-0.2, 0) is 19.1 Å². The summed E-state index contributed by atoms with van der Waals surface area (Å²) in [7, 11) is 0. The highest BCUT2D eigenvalue weighted by Gasteiger charge is 2.25. The third-order valence-electron chi connectivity index (χ3n) is 3.94. The Morgan fingerprint density at radius 3 is 2.19 bits per heavy atom. The zero-order valence-electron chi connectivity index (χ0n) is 15.5. The number of piperazine rings is 1. The van der Waals surface area contributed by atoms with Crippen molar-refractivity contribution in [2.24, 2.45) is 0 Å². The van der Waals surface area contributed by atoms with Crippen molar-refractivity contribution in [3.05, 3.63) is 24.3 Å². The molecule has 0 aliphatic carbocycles. The molecule has 4 amide bonds. The number of anilines is 2. The van der Waals surface area contributed by atoms with E-state index < -0.39 is 5.91 Å². The van der Waals surface area contributed by atoms with Crippen LogP contribution in [0.1, 0.15) is 20.3 Å². The Hall–Kier alpha value is -3.10. The Morgan fingerprint density at radius 2 is 1.59 bits per heavy atom. The van der Waals surface area contributed by atoms with Crippen molar-refractivity contribution < 1.29 is 23.9 Å². The number of carbonyl (C=O) groups excluding carboxylic acids is 4. The number of amides is 4. The molecule has 9 nitrogen and oxygen atoms in total. The Labute approximate surface area is 157 Å². The second-order valence-corrected chi connectivity index (χ2v) is 6.05. The van der Waals surface area contributed by atoms with Crippen LogP contribution in [0.3, 0.4) is 0 Å². The summed E-state index contributed by atoms with van der Waals surface area (Å²) in [5, 5.41) is 5.27. The number of ether oxygens (including phenoxy) is 1. The second-order valence-electron chi connectivity index (χ2n) is 6.05. The zero-order chi connectivity index (χ0) is 19.8. The Bertz CT molecular complexity index is 713. The first-order valence-corrected chi connectivity index (χ1v) is 8.76. The average molecular weight is 376 g/mol. The Kier molecular flexibility index (Phi) is 7.16. The van der Waals surface area contributed by atoms with E-state index in [9.17, 15) is 19.2 Å². The summed E-state index contributed by atoms with van der Waals surface area (Å²) in [6.45, 7) is 4.93. The van der Waals surface area contributed by atoms with Crippen LogP contribution < -0.4 is 10.6 Å². The number of hydrogen-bond acceptors (Lipinski definition) is 5. The number of rotatable bonds is 5. The first-order valence-electron chi connectivity index (χ1n) is 8.76. The lowest BCUT2D eigenvalue weighted by Gasteiger charge is -2.34. The minimum absolute atomic E-state index is 0.212. The summed E-state index contributed by atoms with van der Waals surface area (Å²) in [4.78, 5) is 50.3. The summed E-state index contributed by atoms with van der Waals surface area (Å²) in [6.07, 6.45) is -0.676. The molecule has 1 heterocycles. The third kappa shape index (κ3) is 6.28. The van der Waals surface area contributed by atoms with Gasteiger partial charge in [0.2, 0.25) is 17.7 Å². The van der Waals surface area contributed by atoms with Gasteiger partial charge in [-0.1, -0.05) is 6.07 Å². The van der Waals surface area contributed by atoms with Gasteiger partial charge in [-0.05, 0) is 25.1 Å².